The molecule has 0 aromatic carbocycles. The molecule has 166 valence electrons. The molecule has 0 aliphatic heterocycles. The van der Waals surface area contributed by atoms with Crippen molar-refractivity contribution in [2.75, 3.05) is 45.2 Å². The molecule has 11 nitrogen and oxygen atoms in total. The number of nitrogens with zero attached hydrogens (tertiary/aromatic N) is 6. The number of imidazole rings is 1. The summed E-state index contributed by atoms with van der Waals surface area (Å²) in [5, 5.41) is 20.9. The van der Waals surface area contributed by atoms with E-state index in [1.807, 2.05) is 14.1 Å². The number of hydrogen-bond acceptors (Lipinski definition) is 8. The number of amides is 1. The first kappa shape index (κ1) is 23.8. The number of unbranched alkanes of at least 4 members (excludes halogenated alkanes) is 2. The van der Waals surface area contributed by atoms with Crippen LogP contribution in [0.4, 0.5) is 0 Å². The molecule has 0 spiro atoms. The molecule has 1 amide bonds. The van der Waals surface area contributed by atoms with Gasteiger partial charge in [-0.1, -0.05) is 5.21 Å². The highest BCUT2D eigenvalue weighted by atomic mass is 32.2. The lowest BCUT2D eigenvalue weighted by molar-refractivity contribution is -0.890. The first-order valence-corrected chi connectivity index (χ1v) is 11.0. The first-order chi connectivity index (χ1) is 14.2. The SMILES string of the molecule is Cn1nnc2c(C(=O)NCCSCCCCC[N+](C)(C)CCC(=O)[O-])ncn2c1=O. The van der Waals surface area contributed by atoms with E-state index in [4.69, 9.17) is 0 Å². The number of thioether (sulfide) groups is 1. The average Bonchev–Trinajstić information content (AvgIpc) is 3.13. The lowest BCUT2D eigenvalue weighted by Gasteiger charge is -2.30. The Morgan fingerprint density at radius 1 is 1.20 bits per heavy atom. The number of hydrogen-bond donors (Lipinski definition) is 1. The Balaban J connectivity index is 1.59. The van der Waals surface area contributed by atoms with Crippen LogP contribution in [0.2, 0.25) is 0 Å². The van der Waals surface area contributed by atoms with Gasteiger partial charge < -0.3 is 19.7 Å². The highest BCUT2D eigenvalue weighted by Crippen LogP contribution is 2.09. The average molecular weight is 440 g/mol. The van der Waals surface area contributed by atoms with Gasteiger partial charge >= 0.3 is 5.69 Å². The largest absolute Gasteiger partial charge is 0.550 e. The van der Waals surface area contributed by atoms with Crippen molar-refractivity contribution in [3.8, 4) is 0 Å². The molecule has 2 rings (SSSR count). The van der Waals surface area contributed by atoms with Crippen molar-refractivity contribution < 1.29 is 19.2 Å². The molecule has 1 N–H and O–H groups in total. The quantitative estimate of drug-likeness (QED) is 0.300. The van der Waals surface area contributed by atoms with Crippen LogP contribution in [0.25, 0.3) is 5.65 Å². The van der Waals surface area contributed by atoms with Crippen LogP contribution in [-0.4, -0.2) is 86.0 Å². The van der Waals surface area contributed by atoms with Crippen LogP contribution < -0.4 is 16.1 Å². The molecule has 0 fully saturated rings. The van der Waals surface area contributed by atoms with E-state index in [1.165, 1.54) is 17.8 Å². The minimum absolute atomic E-state index is 0.0876. The lowest BCUT2D eigenvalue weighted by Crippen LogP contribution is -2.43. The zero-order chi connectivity index (χ0) is 22.1. The van der Waals surface area contributed by atoms with Gasteiger partial charge in [-0.15, -0.1) is 5.10 Å². The maximum atomic E-state index is 12.3. The second-order valence-electron chi connectivity index (χ2n) is 7.72. The molecule has 30 heavy (non-hydrogen) atoms. The molecule has 2 aromatic rings. The molecule has 0 bridgehead atoms. The number of aryl methyl sites for hydroxylation is 1. The molecule has 2 aromatic heterocycles. The number of carboxylic acid groups (broad SMARTS) is 1. The van der Waals surface area contributed by atoms with Gasteiger partial charge in [-0.25, -0.2) is 14.2 Å². The van der Waals surface area contributed by atoms with Crippen molar-refractivity contribution in [3.05, 3.63) is 22.5 Å². The van der Waals surface area contributed by atoms with Crippen molar-refractivity contribution in [2.24, 2.45) is 7.05 Å². The second-order valence-corrected chi connectivity index (χ2v) is 8.94. The fourth-order valence-electron chi connectivity index (χ4n) is 2.89. The summed E-state index contributed by atoms with van der Waals surface area (Å²) in [7, 11) is 5.54. The third-order valence-corrected chi connectivity index (χ3v) is 5.79. The van der Waals surface area contributed by atoms with Crippen LogP contribution in [0.3, 0.4) is 0 Å². The molecule has 0 aliphatic rings. The van der Waals surface area contributed by atoms with E-state index in [-0.39, 0.29) is 23.7 Å². The van der Waals surface area contributed by atoms with Gasteiger partial charge in [0.15, 0.2) is 11.3 Å². The molecule has 12 heteroatoms. The van der Waals surface area contributed by atoms with Gasteiger partial charge in [-0.3, -0.25) is 4.79 Å². The van der Waals surface area contributed by atoms with Crippen molar-refractivity contribution in [3.63, 3.8) is 0 Å². The number of carbonyl (C=O) groups is 2. The van der Waals surface area contributed by atoms with E-state index in [2.05, 4.69) is 20.6 Å². The Bertz CT molecular complexity index is 925. The van der Waals surface area contributed by atoms with Gasteiger partial charge in [0.05, 0.1) is 27.2 Å². The Labute approximate surface area is 179 Å². The number of carbonyl (C=O) groups excluding carboxylic acids is 2. The summed E-state index contributed by atoms with van der Waals surface area (Å²) in [6.45, 7) is 2.02. The van der Waals surface area contributed by atoms with Gasteiger partial charge in [0, 0.05) is 31.7 Å². The number of aliphatic carboxylic acids is 1. The molecule has 0 aliphatic carbocycles. The zero-order valence-electron chi connectivity index (χ0n) is 17.7. The van der Waals surface area contributed by atoms with E-state index in [9.17, 15) is 19.5 Å². The van der Waals surface area contributed by atoms with E-state index in [0.717, 1.165) is 42.0 Å². The fraction of sp³-hybridized carbons (Fsp3) is 0.667. The summed E-state index contributed by atoms with van der Waals surface area (Å²) in [5.41, 5.74) is -0.183. The predicted octanol–water partition coefficient (Wildman–Crippen LogP) is -1.33. The first-order valence-electron chi connectivity index (χ1n) is 9.86. The number of fused-ring (bicyclic) bond motifs is 1. The summed E-state index contributed by atoms with van der Waals surface area (Å²) >= 11 is 1.76. The topological polar surface area (TPSA) is 134 Å². The van der Waals surface area contributed by atoms with Crippen molar-refractivity contribution in [2.45, 2.75) is 25.7 Å². The Kier molecular flexibility index (Phi) is 8.78. The van der Waals surface area contributed by atoms with Crippen LogP contribution >= 0.6 is 11.8 Å². The number of nitrogens with one attached hydrogen (secondary N) is 1. The minimum Gasteiger partial charge on any atom is -0.550 e. The number of aromatic nitrogens is 5. The van der Waals surface area contributed by atoms with E-state index < -0.39 is 11.7 Å². The third kappa shape index (κ3) is 7.10. The van der Waals surface area contributed by atoms with Crippen LogP contribution in [0.15, 0.2) is 11.1 Å². The summed E-state index contributed by atoms with van der Waals surface area (Å²) in [5.74, 6) is 0.398. The van der Waals surface area contributed by atoms with Gasteiger partial charge in [-0.2, -0.15) is 16.4 Å². The molecular formula is C18H29N7O4S. The summed E-state index contributed by atoms with van der Waals surface area (Å²) in [6, 6.07) is 0. The lowest BCUT2D eigenvalue weighted by atomic mass is 10.2. The van der Waals surface area contributed by atoms with Crippen molar-refractivity contribution in [1.29, 1.82) is 0 Å². The van der Waals surface area contributed by atoms with Crippen LogP contribution in [0.5, 0.6) is 0 Å². The number of quaternary nitrogens is 1. The fourth-order valence-corrected chi connectivity index (χ4v) is 3.75. The minimum atomic E-state index is -0.997. The van der Waals surface area contributed by atoms with Crippen LogP contribution in [0.1, 0.15) is 36.2 Å². The second kappa shape index (κ2) is 11.1. The standard InChI is InChI=1S/C18H29N7O4S/c1-23-18(29)24-13-20-15(16(24)21-22-23)17(28)19-8-12-30-11-6-4-5-9-25(2,3)10-7-14(26)27/h13H,4-12H2,1-3H3,(H-,19,26,27,28). The summed E-state index contributed by atoms with van der Waals surface area (Å²) in [6.07, 6.45) is 4.57. The maximum Gasteiger partial charge on any atom is 0.352 e. The number of carboxylic acids is 1. The monoisotopic (exact) mass is 439 g/mol. The van der Waals surface area contributed by atoms with Gasteiger partial charge in [-0.05, 0) is 25.0 Å². The normalized spacial score (nSPS) is 11.7. The Morgan fingerprint density at radius 2 is 1.97 bits per heavy atom. The summed E-state index contributed by atoms with van der Waals surface area (Å²) in [4.78, 5) is 38.7. The zero-order valence-corrected chi connectivity index (χ0v) is 18.5. The molecule has 0 radical (unpaired) electrons. The third-order valence-electron chi connectivity index (χ3n) is 4.72. The van der Waals surface area contributed by atoms with Gasteiger partial charge in [0.1, 0.15) is 6.33 Å². The smallest absolute Gasteiger partial charge is 0.352 e. The van der Waals surface area contributed by atoms with E-state index >= 15 is 0 Å². The summed E-state index contributed by atoms with van der Waals surface area (Å²) < 4.78 is 2.95. The Hall–Kier alpha value is -2.47. The van der Waals surface area contributed by atoms with Gasteiger partial charge in [0.25, 0.3) is 5.91 Å². The van der Waals surface area contributed by atoms with Crippen LogP contribution in [0, 0.1) is 0 Å². The molecule has 0 atom stereocenters. The Morgan fingerprint density at radius 3 is 2.70 bits per heavy atom. The van der Waals surface area contributed by atoms with E-state index in [0.29, 0.717) is 17.6 Å². The number of rotatable bonds is 13. The van der Waals surface area contributed by atoms with Gasteiger partial charge in [0.2, 0.25) is 0 Å². The predicted molar refractivity (Wildman–Crippen MR) is 111 cm³/mol. The van der Waals surface area contributed by atoms with Crippen molar-refractivity contribution in [1.82, 2.24) is 29.7 Å². The molecule has 2 heterocycles. The van der Waals surface area contributed by atoms with E-state index in [1.54, 1.807) is 11.8 Å². The molecule has 0 saturated heterocycles. The van der Waals surface area contributed by atoms with Crippen LogP contribution in [-0.2, 0) is 11.8 Å². The maximum absolute atomic E-state index is 12.3. The molecular weight excluding hydrogens is 410 g/mol. The highest BCUT2D eigenvalue weighted by molar-refractivity contribution is 7.99. The molecule has 0 unspecified atom stereocenters. The van der Waals surface area contributed by atoms with Crippen molar-refractivity contribution >= 4 is 29.3 Å². The molecule has 0 saturated carbocycles. The highest BCUT2D eigenvalue weighted by Gasteiger charge is 2.17.